The minimum atomic E-state index is -1.10. The van der Waals surface area contributed by atoms with Crippen LogP contribution in [0.3, 0.4) is 0 Å². The first kappa shape index (κ1) is 16.3. The van der Waals surface area contributed by atoms with Gasteiger partial charge in [0.2, 0.25) is 0 Å². The summed E-state index contributed by atoms with van der Waals surface area (Å²) in [4.78, 5) is 24.1. The minimum absolute atomic E-state index is 0.0380. The molecule has 0 unspecified atom stereocenters. The summed E-state index contributed by atoms with van der Waals surface area (Å²) in [6, 6.07) is 6.09. The maximum atomic E-state index is 11.8. The maximum Gasteiger partial charge on any atom is 0.335 e. The number of methoxy groups -OCH3 is 1. The average Bonchev–Trinajstić information content (AvgIpc) is 2.49. The van der Waals surface area contributed by atoms with Crippen molar-refractivity contribution in [1.82, 2.24) is 4.90 Å². The second-order valence-corrected chi connectivity index (χ2v) is 4.18. The number of amides is 1. The molecule has 1 aromatic carbocycles. The van der Waals surface area contributed by atoms with Crippen LogP contribution in [-0.2, 0) is 4.79 Å². The van der Waals surface area contributed by atoms with Crippen LogP contribution < -0.4 is 9.47 Å². The summed E-state index contributed by atoms with van der Waals surface area (Å²) in [6.45, 7) is 0.0480. The van der Waals surface area contributed by atoms with Crippen LogP contribution in [0.15, 0.2) is 18.2 Å². The molecular weight excluding hydrogens is 276 g/mol. The fourth-order valence-electron chi connectivity index (χ4n) is 1.51. The first-order valence-electron chi connectivity index (χ1n) is 6.14. The monoisotopic (exact) mass is 292 g/mol. The van der Waals surface area contributed by atoms with Crippen molar-refractivity contribution in [3.8, 4) is 17.6 Å². The third-order valence-corrected chi connectivity index (χ3v) is 2.75. The van der Waals surface area contributed by atoms with Crippen LogP contribution in [0.25, 0.3) is 0 Å². The van der Waals surface area contributed by atoms with Crippen molar-refractivity contribution in [2.45, 2.75) is 6.42 Å². The van der Waals surface area contributed by atoms with Gasteiger partial charge in [-0.1, -0.05) is 0 Å². The summed E-state index contributed by atoms with van der Waals surface area (Å²) in [6.07, 6.45) is 0.236. The normalized spacial score (nSPS) is 9.57. The molecule has 1 rings (SSSR count). The molecule has 0 aliphatic rings. The highest BCUT2D eigenvalue weighted by molar-refractivity contribution is 5.88. The van der Waals surface area contributed by atoms with Gasteiger partial charge in [-0.15, -0.1) is 0 Å². The number of nitriles is 1. The summed E-state index contributed by atoms with van der Waals surface area (Å²) in [5, 5.41) is 17.4. The van der Waals surface area contributed by atoms with Crippen molar-refractivity contribution in [1.29, 1.82) is 5.26 Å². The number of nitrogens with zero attached hydrogens (tertiary/aromatic N) is 2. The van der Waals surface area contributed by atoms with E-state index in [4.69, 9.17) is 19.8 Å². The van der Waals surface area contributed by atoms with Crippen LogP contribution in [0.4, 0.5) is 0 Å². The van der Waals surface area contributed by atoms with Gasteiger partial charge >= 0.3 is 5.97 Å². The zero-order chi connectivity index (χ0) is 15.8. The van der Waals surface area contributed by atoms with Gasteiger partial charge in [0.05, 0.1) is 25.2 Å². The summed E-state index contributed by atoms with van der Waals surface area (Å²) < 4.78 is 10.4. The number of carbonyl (C=O) groups excluding carboxylic acids is 1. The predicted molar refractivity (Wildman–Crippen MR) is 73.3 cm³/mol. The van der Waals surface area contributed by atoms with Crippen LogP contribution in [0, 0.1) is 11.3 Å². The third kappa shape index (κ3) is 4.69. The molecule has 7 nitrogen and oxygen atoms in total. The van der Waals surface area contributed by atoms with Gasteiger partial charge in [-0.25, -0.2) is 4.79 Å². The lowest BCUT2D eigenvalue weighted by Gasteiger charge is -2.16. The fraction of sp³-hybridized carbons (Fsp3) is 0.357. The van der Waals surface area contributed by atoms with Gasteiger partial charge in [0.1, 0.15) is 0 Å². The number of likely N-dealkylation sites (N-methyl/N-ethyl adjacent to an activating group) is 1. The number of carboxylic acid groups (broad SMARTS) is 1. The smallest absolute Gasteiger partial charge is 0.335 e. The van der Waals surface area contributed by atoms with Gasteiger partial charge < -0.3 is 19.5 Å². The zero-order valence-corrected chi connectivity index (χ0v) is 11.8. The molecule has 21 heavy (non-hydrogen) atoms. The maximum absolute atomic E-state index is 11.8. The highest BCUT2D eigenvalue weighted by Crippen LogP contribution is 2.28. The molecule has 0 heterocycles. The van der Waals surface area contributed by atoms with E-state index in [9.17, 15) is 9.59 Å². The number of rotatable bonds is 7. The van der Waals surface area contributed by atoms with Crippen molar-refractivity contribution in [2.75, 3.05) is 27.3 Å². The van der Waals surface area contributed by atoms with Crippen LogP contribution in [0.1, 0.15) is 16.8 Å². The lowest BCUT2D eigenvalue weighted by atomic mass is 10.2. The van der Waals surface area contributed by atoms with Crippen LogP contribution in [-0.4, -0.2) is 49.2 Å². The molecule has 0 saturated carbocycles. The molecule has 1 aromatic rings. The number of benzene rings is 1. The Morgan fingerprint density at radius 2 is 2.10 bits per heavy atom. The molecular formula is C14H16N2O5. The van der Waals surface area contributed by atoms with Gasteiger partial charge in [0.15, 0.2) is 18.1 Å². The first-order valence-corrected chi connectivity index (χ1v) is 6.14. The summed E-state index contributed by atoms with van der Waals surface area (Å²) in [7, 11) is 2.98. The summed E-state index contributed by atoms with van der Waals surface area (Å²) in [5.74, 6) is -0.889. The van der Waals surface area contributed by atoms with Crippen LogP contribution in [0.5, 0.6) is 11.5 Å². The summed E-state index contributed by atoms with van der Waals surface area (Å²) in [5.41, 5.74) is 0.0380. The van der Waals surface area contributed by atoms with E-state index in [1.54, 1.807) is 7.05 Å². The van der Waals surface area contributed by atoms with E-state index in [-0.39, 0.29) is 30.2 Å². The Balaban J connectivity index is 2.73. The first-order chi connectivity index (χ1) is 9.99. The Labute approximate surface area is 122 Å². The molecule has 1 amide bonds. The molecule has 0 radical (unpaired) electrons. The summed E-state index contributed by atoms with van der Waals surface area (Å²) >= 11 is 0. The van der Waals surface area contributed by atoms with Crippen molar-refractivity contribution in [2.24, 2.45) is 0 Å². The largest absolute Gasteiger partial charge is 0.493 e. The molecule has 0 spiro atoms. The number of carbonyl (C=O) groups is 2. The second kappa shape index (κ2) is 7.75. The highest BCUT2D eigenvalue weighted by Gasteiger charge is 2.13. The van der Waals surface area contributed by atoms with Gasteiger partial charge in [0.25, 0.3) is 5.91 Å². The van der Waals surface area contributed by atoms with Crippen molar-refractivity contribution in [3.05, 3.63) is 23.8 Å². The van der Waals surface area contributed by atoms with E-state index in [2.05, 4.69) is 0 Å². The number of aromatic carboxylic acids is 1. The SMILES string of the molecule is COc1ccc(C(=O)O)cc1OCC(=O)N(C)CCC#N. The minimum Gasteiger partial charge on any atom is -0.493 e. The molecule has 0 bridgehead atoms. The molecule has 0 fully saturated rings. The van der Waals surface area contributed by atoms with E-state index in [0.29, 0.717) is 12.3 Å². The average molecular weight is 292 g/mol. The Hall–Kier alpha value is -2.75. The van der Waals surface area contributed by atoms with Crippen molar-refractivity contribution >= 4 is 11.9 Å². The molecule has 112 valence electrons. The van der Waals surface area contributed by atoms with Crippen LogP contribution in [0.2, 0.25) is 0 Å². The standard InChI is InChI=1S/C14H16N2O5/c1-16(7-3-6-15)13(17)9-21-12-8-10(14(18)19)4-5-11(12)20-2/h4-5,8H,3,7,9H2,1-2H3,(H,18,19). The van der Waals surface area contributed by atoms with E-state index in [1.807, 2.05) is 6.07 Å². The molecule has 0 aromatic heterocycles. The van der Waals surface area contributed by atoms with Crippen LogP contribution >= 0.6 is 0 Å². The van der Waals surface area contributed by atoms with Gasteiger partial charge in [-0.05, 0) is 18.2 Å². The third-order valence-electron chi connectivity index (χ3n) is 2.75. The number of carboxylic acids is 1. The molecule has 7 heteroatoms. The van der Waals surface area contributed by atoms with E-state index in [0.717, 1.165) is 0 Å². The Morgan fingerprint density at radius 1 is 1.38 bits per heavy atom. The number of hydrogen-bond donors (Lipinski definition) is 1. The number of hydrogen-bond acceptors (Lipinski definition) is 5. The topological polar surface area (TPSA) is 99.9 Å². The van der Waals surface area contributed by atoms with Gasteiger partial charge in [-0.2, -0.15) is 5.26 Å². The van der Waals surface area contributed by atoms with Crippen molar-refractivity contribution in [3.63, 3.8) is 0 Å². The van der Waals surface area contributed by atoms with E-state index < -0.39 is 5.97 Å². The predicted octanol–water partition coefficient (Wildman–Crippen LogP) is 1.14. The quantitative estimate of drug-likeness (QED) is 0.809. The Bertz CT molecular complexity index is 565. The molecule has 0 aliphatic heterocycles. The zero-order valence-electron chi connectivity index (χ0n) is 11.8. The lowest BCUT2D eigenvalue weighted by molar-refractivity contribution is -0.132. The lowest BCUT2D eigenvalue weighted by Crippen LogP contribution is -2.32. The van der Waals surface area contributed by atoms with Gasteiger partial charge in [-0.3, -0.25) is 4.79 Å². The Morgan fingerprint density at radius 3 is 2.67 bits per heavy atom. The molecule has 0 atom stereocenters. The molecule has 0 saturated heterocycles. The Kier molecular flexibility index (Phi) is 6.01. The van der Waals surface area contributed by atoms with E-state index in [1.165, 1.54) is 30.2 Å². The second-order valence-electron chi connectivity index (χ2n) is 4.18. The van der Waals surface area contributed by atoms with Crippen molar-refractivity contribution < 1.29 is 24.2 Å². The van der Waals surface area contributed by atoms with E-state index >= 15 is 0 Å². The highest BCUT2D eigenvalue weighted by atomic mass is 16.5. The van der Waals surface area contributed by atoms with Gasteiger partial charge in [0, 0.05) is 13.6 Å². The molecule has 1 N–H and O–H groups in total. The number of ether oxygens (including phenoxy) is 2. The fourth-order valence-corrected chi connectivity index (χ4v) is 1.51. The molecule has 0 aliphatic carbocycles.